The number of aromatic nitrogens is 3. The highest BCUT2D eigenvalue weighted by atomic mass is 32.1. The minimum Gasteiger partial charge on any atom is -0.352 e. The maximum absolute atomic E-state index is 5.81. The fourth-order valence-corrected chi connectivity index (χ4v) is 4.49. The van der Waals surface area contributed by atoms with Gasteiger partial charge in [-0.05, 0) is 54.2 Å². The topological polar surface area (TPSA) is 46.0 Å². The molecule has 1 N–H and O–H groups in total. The van der Waals surface area contributed by atoms with Gasteiger partial charge < -0.3 is 14.8 Å². The van der Waals surface area contributed by atoms with Gasteiger partial charge in [0.05, 0.1) is 30.0 Å². The molecule has 6 heteroatoms. The normalized spacial score (nSPS) is 18.2. The van der Waals surface area contributed by atoms with Crippen molar-refractivity contribution in [3.63, 3.8) is 0 Å². The van der Waals surface area contributed by atoms with Crippen LogP contribution in [0.4, 0.5) is 0 Å². The maximum Gasteiger partial charge on any atom is 0.170 e. The SMILES string of the molecule is S=C1N[C@@H](c2ccccn2)[C@@H](c2cccn2Cc2ccccn2)N1Cc1ccccc1. The number of hydrogen-bond donors (Lipinski definition) is 1. The Labute approximate surface area is 187 Å². The lowest BCUT2D eigenvalue weighted by molar-refractivity contribution is 0.298. The molecule has 1 aliphatic rings. The number of nitrogens with zero attached hydrogens (tertiary/aromatic N) is 4. The molecule has 4 heterocycles. The molecule has 0 bridgehead atoms. The molecular formula is C25H23N5S. The van der Waals surface area contributed by atoms with Gasteiger partial charge in [0.25, 0.3) is 0 Å². The molecule has 5 rings (SSSR count). The maximum atomic E-state index is 5.81. The Balaban J connectivity index is 1.54. The van der Waals surface area contributed by atoms with Crippen LogP contribution in [0.3, 0.4) is 0 Å². The molecule has 0 amide bonds. The second-order valence-electron chi connectivity index (χ2n) is 7.62. The van der Waals surface area contributed by atoms with Gasteiger partial charge in [0, 0.05) is 30.8 Å². The number of nitrogens with one attached hydrogen (secondary N) is 1. The van der Waals surface area contributed by atoms with Crippen LogP contribution < -0.4 is 5.32 Å². The van der Waals surface area contributed by atoms with E-state index in [2.05, 4.69) is 79.5 Å². The van der Waals surface area contributed by atoms with Crippen molar-refractivity contribution in [1.82, 2.24) is 24.8 Å². The number of pyridine rings is 2. The summed E-state index contributed by atoms with van der Waals surface area (Å²) in [5.74, 6) is 0. The zero-order valence-corrected chi connectivity index (χ0v) is 17.8. The van der Waals surface area contributed by atoms with Crippen LogP contribution >= 0.6 is 12.2 Å². The van der Waals surface area contributed by atoms with Crippen LogP contribution in [0.25, 0.3) is 0 Å². The minimum absolute atomic E-state index is 0.0151. The molecule has 1 fully saturated rings. The van der Waals surface area contributed by atoms with Crippen LogP contribution in [0.2, 0.25) is 0 Å². The molecule has 3 aromatic heterocycles. The summed E-state index contributed by atoms with van der Waals surface area (Å²) in [6.07, 6.45) is 5.79. The third-order valence-electron chi connectivity index (χ3n) is 5.62. The van der Waals surface area contributed by atoms with Gasteiger partial charge >= 0.3 is 0 Å². The van der Waals surface area contributed by atoms with Crippen molar-refractivity contribution in [2.24, 2.45) is 0 Å². The Kier molecular flexibility index (Phi) is 5.46. The molecule has 5 nitrogen and oxygen atoms in total. The van der Waals surface area contributed by atoms with Crippen molar-refractivity contribution in [3.05, 3.63) is 120 Å². The Morgan fingerprint density at radius 1 is 0.806 bits per heavy atom. The van der Waals surface area contributed by atoms with Gasteiger partial charge in [-0.15, -0.1) is 0 Å². The van der Waals surface area contributed by atoms with Crippen molar-refractivity contribution in [2.75, 3.05) is 0 Å². The lowest BCUT2D eigenvalue weighted by Crippen LogP contribution is -2.30. The van der Waals surface area contributed by atoms with E-state index in [1.54, 1.807) is 0 Å². The van der Waals surface area contributed by atoms with E-state index in [0.29, 0.717) is 6.54 Å². The molecule has 4 aromatic rings. The van der Waals surface area contributed by atoms with Crippen LogP contribution in [0, 0.1) is 0 Å². The van der Waals surface area contributed by atoms with Gasteiger partial charge in [-0.1, -0.05) is 42.5 Å². The lowest BCUT2D eigenvalue weighted by Gasteiger charge is -2.29. The van der Waals surface area contributed by atoms with Crippen molar-refractivity contribution in [3.8, 4) is 0 Å². The molecule has 31 heavy (non-hydrogen) atoms. The molecule has 1 saturated heterocycles. The van der Waals surface area contributed by atoms with Gasteiger partial charge in [0.15, 0.2) is 5.11 Å². The van der Waals surface area contributed by atoms with Gasteiger partial charge in [0.2, 0.25) is 0 Å². The zero-order chi connectivity index (χ0) is 21.0. The Hall–Kier alpha value is -3.51. The van der Waals surface area contributed by atoms with Gasteiger partial charge in [-0.25, -0.2) is 0 Å². The van der Waals surface area contributed by atoms with Crippen molar-refractivity contribution >= 4 is 17.3 Å². The molecule has 1 aliphatic heterocycles. The molecule has 154 valence electrons. The van der Waals surface area contributed by atoms with Crippen molar-refractivity contribution < 1.29 is 0 Å². The van der Waals surface area contributed by atoms with E-state index in [1.807, 2.05) is 42.7 Å². The summed E-state index contributed by atoms with van der Waals surface area (Å²) in [6, 6.07) is 26.8. The van der Waals surface area contributed by atoms with Crippen LogP contribution in [0.1, 0.15) is 34.7 Å². The van der Waals surface area contributed by atoms with E-state index in [9.17, 15) is 0 Å². The predicted molar refractivity (Wildman–Crippen MR) is 125 cm³/mol. The van der Waals surface area contributed by atoms with E-state index >= 15 is 0 Å². The van der Waals surface area contributed by atoms with Crippen molar-refractivity contribution in [2.45, 2.75) is 25.2 Å². The highest BCUT2D eigenvalue weighted by Gasteiger charge is 2.41. The van der Waals surface area contributed by atoms with E-state index in [4.69, 9.17) is 12.2 Å². The smallest absolute Gasteiger partial charge is 0.170 e. The van der Waals surface area contributed by atoms with E-state index < -0.39 is 0 Å². The number of hydrogen-bond acceptors (Lipinski definition) is 3. The lowest BCUT2D eigenvalue weighted by atomic mass is 10.0. The molecular weight excluding hydrogens is 402 g/mol. The van der Waals surface area contributed by atoms with Crippen LogP contribution in [-0.4, -0.2) is 24.5 Å². The summed E-state index contributed by atoms with van der Waals surface area (Å²) in [5.41, 5.74) is 4.42. The number of thiocarbonyl (C=S) groups is 1. The fourth-order valence-electron chi connectivity index (χ4n) is 4.18. The van der Waals surface area contributed by atoms with Crippen LogP contribution in [0.15, 0.2) is 97.5 Å². The second-order valence-corrected chi connectivity index (χ2v) is 8.01. The molecule has 0 aliphatic carbocycles. The summed E-state index contributed by atoms with van der Waals surface area (Å²) >= 11 is 5.81. The third kappa shape index (κ3) is 4.07. The first-order valence-electron chi connectivity index (χ1n) is 10.4. The number of benzene rings is 1. The minimum atomic E-state index is -0.0326. The Morgan fingerprint density at radius 3 is 2.32 bits per heavy atom. The van der Waals surface area contributed by atoms with E-state index in [0.717, 1.165) is 23.0 Å². The highest BCUT2D eigenvalue weighted by molar-refractivity contribution is 7.80. The summed E-state index contributed by atoms with van der Waals surface area (Å²) in [5, 5.41) is 4.28. The summed E-state index contributed by atoms with van der Waals surface area (Å²) in [4.78, 5) is 11.4. The highest BCUT2D eigenvalue weighted by Crippen LogP contribution is 2.39. The van der Waals surface area contributed by atoms with Gasteiger partial charge in [-0.2, -0.15) is 0 Å². The standard InChI is InChI=1S/C25H23N5S/c31-25-28-23(21-12-5-7-15-27-21)24(30(25)17-19-9-2-1-3-10-19)22-13-8-16-29(22)18-20-11-4-6-14-26-20/h1-16,23-24H,17-18H2,(H,28,31)/t23-,24+/m0/s1. The first-order chi connectivity index (χ1) is 15.3. The second kappa shape index (κ2) is 8.70. The summed E-state index contributed by atoms with van der Waals surface area (Å²) in [6.45, 7) is 1.44. The predicted octanol–water partition coefficient (Wildman–Crippen LogP) is 4.50. The first-order valence-corrected chi connectivity index (χ1v) is 10.8. The van der Waals surface area contributed by atoms with Gasteiger partial charge in [-0.3, -0.25) is 9.97 Å². The molecule has 1 aromatic carbocycles. The number of rotatable bonds is 6. The zero-order valence-electron chi connectivity index (χ0n) is 17.0. The molecule has 2 atom stereocenters. The molecule has 0 unspecified atom stereocenters. The van der Waals surface area contributed by atoms with Crippen LogP contribution in [-0.2, 0) is 13.1 Å². The summed E-state index contributed by atoms with van der Waals surface area (Å²) < 4.78 is 2.26. The monoisotopic (exact) mass is 425 g/mol. The Morgan fingerprint density at radius 2 is 1.58 bits per heavy atom. The Bertz CT molecular complexity index is 1140. The van der Waals surface area contributed by atoms with Gasteiger partial charge in [0.1, 0.15) is 0 Å². The first kappa shape index (κ1) is 19.5. The largest absolute Gasteiger partial charge is 0.352 e. The van der Waals surface area contributed by atoms with E-state index in [1.165, 1.54) is 11.3 Å². The average molecular weight is 426 g/mol. The van der Waals surface area contributed by atoms with E-state index in [-0.39, 0.29) is 12.1 Å². The molecule has 0 saturated carbocycles. The fraction of sp³-hybridized carbons (Fsp3) is 0.160. The van der Waals surface area contributed by atoms with Crippen molar-refractivity contribution in [1.29, 1.82) is 0 Å². The molecule has 0 spiro atoms. The average Bonchev–Trinajstić information content (AvgIpc) is 3.40. The van der Waals surface area contributed by atoms with Crippen LogP contribution in [0.5, 0.6) is 0 Å². The summed E-state index contributed by atoms with van der Waals surface area (Å²) in [7, 11) is 0. The third-order valence-corrected chi connectivity index (χ3v) is 5.97. The molecule has 0 radical (unpaired) electrons. The quantitative estimate of drug-likeness (QED) is 0.461.